The largest absolute Gasteiger partial charge is 0.384 e. The lowest BCUT2D eigenvalue weighted by Crippen LogP contribution is -2.40. The summed E-state index contributed by atoms with van der Waals surface area (Å²) in [7, 11) is 1.64. The average Bonchev–Trinajstić information content (AvgIpc) is 3.39. The minimum absolute atomic E-state index is 0.0645. The van der Waals surface area contributed by atoms with Gasteiger partial charge in [-0.2, -0.15) is 4.98 Å². The summed E-state index contributed by atoms with van der Waals surface area (Å²) < 4.78 is 16.1. The van der Waals surface area contributed by atoms with Gasteiger partial charge in [-0.25, -0.2) is 0 Å². The number of amides is 1. The normalized spacial score (nSPS) is 15.4. The second-order valence-electron chi connectivity index (χ2n) is 6.93. The number of piperidine rings is 1. The molecule has 0 spiro atoms. The Balaban J connectivity index is 1.26. The van der Waals surface area contributed by atoms with Gasteiger partial charge in [-0.05, 0) is 36.4 Å². The van der Waals surface area contributed by atoms with E-state index in [0.29, 0.717) is 50.0 Å². The van der Waals surface area contributed by atoms with Crippen molar-refractivity contribution in [1.82, 2.24) is 20.0 Å². The van der Waals surface area contributed by atoms with Crippen LogP contribution in [0.1, 0.15) is 34.9 Å². The summed E-state index contributed by atoms with van der Waals surface area (Å²) in [5, 5.41) is 5.01. The maximum absolute atomic E-state index is 12.8. The summed E-state index contributed by atoms with van der Waals surface area (Å²) in [5.74, 6) is 1.17. The Morgan fingerprint density at radius 2 is 2.18 bits per heavy atom. The molecule has 0 atom stereocenters. The van der Waals surface area contributed by atoms with E-state index in [4.69, 9.17) is 14.0 Å². The molecule has 1 saturated heterocycles. The Kier molecular flexibility index (Phi) is 5.68. The van der Waals surface area contributed by atoms with Crippen molar-refractivity contribution < 1.29 is 18.8 Å². The van der Waals surface area contributed by atoms with E-state index >= 15 is 0 Å². The number of rotatable bonds is 7. The van der Waals surface area contributed by atoms with Gasteiger partial charge in [-0.15, -0.1) is 0 Å². The molecule has 3 heterocycles. The smallest absolute Gasteiger partial charge is 0.253 e. The van der Waals surface area contributed by atoms with Crippen LogP contribution in [0.5, 0.6) is 0 Å². The number of ether oxygens (including phenoxy) is 2. The number of carbonyl (C=O) groups excluding carboxylic acids is 1. The quantitative estimate of drug-likeness (QED) is 0.673. The van der Waals surface area contributed by atoms with E-state index in [0.717, 1.165) is 23.7 Å². The molecule has 148 valence electrons. The molecule has 0 saturated carbocycles. The van der Waals surface area contributed by atoms with Gasteiger partial charge < -0.3 is 23.9 Å². The third-order valence-electron chi connectivity index (χ3n) is 5.01. The first-order chi connectivity index (χ1) is 13.7. The summed E-state index contributed by atoms with van der Waals surface area (Å²) in [6, 6.07) is 7.77. The van der Waals surface area contributed by atoms with Crippen molar-refractivity contribution in [1.29, 1.82) is 0 Å². The number of carbonyl (C=O) groups is 1. The number of nitrogens with zero attached hydrogens (tertiary/aromatic N) is 3. The van der Waals surface area contributed by atoms with E-state index in [1.165, 1.54) is 0 Å². The number of nitrogens with one attached hydrogen (secondary N) is 1. The van der Waals surface area contributed by atoms with E-state index in [1.807, 2.05) is 35.4 Å². The van der Waals surface area contributed by atoms with Crippen LogP contribution in [0.4, 0.5) is 0 Å². The maximum Gasteiger partial charge on any atom is 0.253 e. The van der Waals surface area contributed by atoms with E-state index < -0.39 is 0 Å². The first kappa shape index (κ1) is 18.6. The fourth-order valence-corrected chi connectivity index (χ4v) is 3.42. The van der Waals surface area contributed by atoms with Gasteiger partial charge in [0, 0.05) is 43.9 Å². The minimum atomic E-state index is 0.0645. The molecule has 4 rings (SSSR count). The van der Waals surface area contributed by atoms with Crippen molar-refractivity contribution in [3.8, 4) is 0 Å². The molecule has 28 heavy (non-hydrogen) atoms. The predicted octanol–water partition coefficient (Wildman–Crippen LogP) is 2.56. The first-order valence-electron chi connectivity index (χ1n) is 9.51. The lowest BCUT2D eigenvalue weighted by atomic mass is 10.1. The second kappa shape index (κ2) is 8.53. The third-order valence-corrected chi connectivity index (χ3v) is 5.01. The fraction of sp³-hybridized carbons (Fsp3) is 0.450. The van der Waals surface area contributed by atoms with Gasteiger partial charge in [0.15, 0.2) is 5.82 Å². The van der Waals surface area contributed by atoms with Gasteiger partial charge in [-0.1, -0.05) is 11.2 Å². The van der Waals surface area contributed by atoms with Crippen molar-refractivity contribution in [3.63, 3.8) is 0 Å². The summed E-state index contributed by atoms with van der Waals surface area (Å²) in [4.78, 5) is 22.1. The molecular weight excluding hydrogens is 360 g/mol. The number of hydrogen-bond acceptors (Lipinski definition) is 6. The molecule has 0 unspecified atom stereocenters. The summed E-state index contributed by atoms with van der Waals surface area (Å²) in [6.07, 6.45) is 4.17. The van der Waals surface area contributed by atoms with Crippen molar-refractivity contribution >= 4 is 16.8 Å². The van der Waals surface area contributed by atoms with Gasteiger partial charge in [0.25, 0.3) is 11.8 Å². The van der Waals surface area contributed by atoms with Gasteiger partial charge in [-0.3, -0.25) is 4.79 Å². The number of H-pyrrole nitrogens is 1. The van der Waals surface area contributed by atoms with Crippen LogP contribution < -0.4 is 0 Å². The standard InChI is InChI=1S/C20H24N4O4/c1-26-11-7-18-22-19(28-23-18)13-27-16-5-9-24(10-6-16)20(25)15-3-2-14-4-8-21-17(14)12-15/h2-4,8,12,16,21H,5-7,9-11,13H2,1H3. The zero-order valence-corrected chi connectivity index (χ0v) is 15.9. The molecule has 0 aliphatic carbocycles. The molecule has 3 aromatic rings. The second-order valence-corrected chi connectivity index (χ2v) is 6.93. The number of methoxy groups -OCH3 is 1. The molecule has 1 aliphatic rings. The van der Waals surface area contributed by atoms with Gasteiger partial charge in [0.05, 0.1) is 12.7 Å². The Hall–Kier alpha value is -2.71. The lowest BCUT2D eigenvalue weighted by Gasteiger charge is -2.31. The molecule has 8 heteroatoms. The number of likely N-dealkylation sites (tertiary alicyclic amines) is 1. The van der Waals surface area contributed by atoms with Crippen LogP contribution in [0.2, 0.25) is 0 Å². The monoisotopic (exact) mass is 384 g/mol. The Morgan fingerprint density at radius 1 is 1.32 bits per heavy atom. The van der Waals surface area contributed by atoms with E-state index in [-0.39, 0.29) is 12.0 Å². The van der Waals surface area contributed by atoms with Crippen molar-refractivity contribution in [2.75, 3.05) is 26.8 Å². The summed E-state index contributed by atoms with van der Waals surface area (Å²) >= 11 is 0. The highest BCUT2D eigenvalue weighted by atomic mass is 16.5. The van der Waals surface area contributed by atoms with Crippen LogP contribution in [0.3, 0.4) is 0 Å². The highest BCUT2D eigenvalue weighted by Gasteiger charge is 2.24. The molecule has 8 nitrogen and oxygen atoms in total. The van der Waals surface area contributed by atoms with Crippen molar-refractivity contribution in [2.24, 2.45) is 0 Å². The fourth-order valence-electron chi connectivity index (χ4n) is 3.42. The summed E-state index contributed by atoms with van der Waals surface area (Å²) in [5.41, 5.74) is 1.69. The zero-order chi connectivity index (χ0) is 19.3. The molecule has 2 aromatic heterocycles. The summed E-state index contributed by atoms with van der Waals surface area (Å²) in [6.45, 7) is 2.20. The topological polar surface area (TPSA) is 93.5 Å². The van der Waals surface area contributed by atoms with E-state index in [2.05, 4.69) is 15.1 Å². The average molecular weight is 384 g/mol. The molecule has 0 bridgehead atoms. The Bertz CT molecular complexity index is 927. The van der Waals surface area contributed by atoms with Crippen LogP contribution >= 0.6 is 0 Å². The highest BCUT2D eigenvalue weighted by molar-refractivity contribution is 5.98. The molecule has 1 aliphatic heterocycles. The van der Waals surface area contributed by atoms with Crippen LogP contribution in [-0.4, -0.2) is 58.8 Å². The van der Waals surface area contributed by atoms with Crippen LogP contribution in [0.15, 0.2) is 35.0 Å². The maximum atomic E-state index is 12.8. The Morgan fingerprint density at radius 3 is 3.00 bits per heavy atom. The van der Waals surface area contributed by atoms with Gasteiger partial charge in [0.2, 0.25) is 0 Å². The number of hydrogen-bond donors (Lipinski definition) is 1. The SMILES string of the molecule is COCCc1noc(COC2CCN(C(=O)c3ccc4cc[nH]c4c3)CC2)n1. The van der Waals surface area contributed by atoms with Crippen molar-refractivity contribution in [2.45, 2.75) is 32.0 Å². The van der Waals surface area contributed by atoms with E-state index in [9.17, 15) is 4.79 Å². The zero-order valence-electron chi connectivity index (χ0n) is 15.9. The molecule has 1 fully saturated rings. The highest BCUT2D eigenvalue weighted by Crippen LogP contribution is 2.20. The molecular formula is C20H24N4O4. The number of benzene rings is 1. The van der Waals surface area contributed by atoms with Crippen LogP contribution in [-0.2, 0) is 22.5 Å². The predicted molar refractivity (Wildman–Crippen MR) is 102 cm³/mol. The molecule has 1 amide bonds. The van der Waals surface area contributed by atoms with Gasteiger partial charge >= 0.3 is 0 Å². The number of fused-ring (bicyclic) bond motifs is 1. The Labute approximate surface area is 162 Å². The van der Waals surface area contributed by atoms with Crippen LogP contribution in [0.25, 0.3) is 10.9 Å². The molecule has 1 N–H and O–H groups in total. The van der Waals surface area contributed by atoms with Crippen molar-refractivity contribution in [3.05, 3.63) is 47.7 Å². The molecule has 0 radical (unpaired) electrons. The van der Waals surface area contributed by atoms with Gasteiger partial charge in [0.1, 0.15) is 6.61 Å². The van der Waals surface area contributed by atoms with E-state index in [1.54, 1.807) is 7.11 Å². The number of aromatic nitrogens is 3. The minimum Gasteiger partial charge on any atom is -0.384 e. The number of aromatic amines is 1. The lowest BCUT2D eigenvalue weighted by molar-refractivity contribution is -0.00977. The molecule has 1 aromatic carbocycles. The first-order valence-corrected chi connectivity index (χ1v) is 9.51. The van der Waals surface area contributed by atoms with Crippen LogP contribution in [0, 0.1) is 0 Å². The third kappa shape index (κ3) is 4.23.